The number of likely N-dealkylation sites (tertiary alicyclic amines) is 1. The minimum atomic E-state index is -0.653. The molecule has 3 atom stereocenters. The molecule has 0 aromatic heterocycles. The van der Waals surface area contributed by atoms with Crippen LogP contribution in [0.3, 0.4) is 0 Å². The third-order valence-electron chi connectivity index (χ3n) is 6.09. The van der Waals surface area contributed by atoms with Crippen molar-refractivity contribution in [2.45, 2.75) is 50.3 Å². The Morgan fingerprint density at radius 3 is 2.33 bits per heavy atom. The topological polar surface area (TPSA) is 23.5 Å². The fraction of sp³-hybridized carbons (Fsp3) is 0.455. The summed E-state index contributed by atoms with van der Waals surface area (Å²) < 4.78 is 0. The van der Waals surface area contributed by atoms with Gasteiger partial charge in [0.25, 0.3) is 0 Å². The second kappa shape index (κ2) is 6.70. The van der Waals surface area contributed by atoms with Crippen LogP contribution in [-0.2, 0) is 12.1 Å². The van der Waals surface area contributed by atoms with E-state index in [1.54, 1.807) is 0 Å². The first-order valence-corrected chi connectivity index (χ1v) is 9.33. The van der Waals surface area contributed by atoms with Crippen molar-refractivity contribution in [3.8, 4) is 0 Å². The van der Waals surface area contributed by atoms with Gasteiger partial charge in [-0.1, -0.05) is 73.5 Å². The van der Waals surface area contributed by atoms with Gasteiger partial charge in [-0.05, 0) is 30.4 Å². The quantitative estimate of drug-likeness (QED) is 0.909. The molecule has 0 radical (unpaired) electrons. The van der Waals surface area contributed by atoms with E-state index in [4.69, 9.17) is 0 Å². The fourth-order valence-corrected chi connectivity index (χ4v) is 4.87. The maximum absolute atomic E-state index is 11.6. The second-order valence-electron chi connectivity index (χ2n) is 7.45. The number of rotatable bonds is 3. The van der Waals surface area contributed by atoms with E-state index >= 15 is 0 Å². The first-order valence-electron chi connectivity index (χ1n) is 9.33. The van der Waals surface area contributed by atoms with Gasteiger partial charge in [0.1, 0.15) is 0 Å². The molecule has 1 saturated carbocycles. The summed E-state index contributed by atoms with van der Waals surface area (Å²) in [6, 6.07) is 21.6. The van der Waals surface area contributed by atoms with Crippen molar-refractivity contribution in [2.75, 3.05) is 6.54 Å². The van der Waals surface area contributed by atoms with Gasteiger partial charge < -0.3 is 5.11 Å². The van der Waals surface area contributed by atoms with Crippen LogP contribution in [0.5, 0.6) is 0 Å². The lowest BCUT2D eigenvalue weighted by atomic mass is 9.66. The van der Waals surface area contributed by atoms with Crippen LogP contribution in [-0.4, -0.2) is 22.6 Å². The highest BCUT2D eigenvalue weighted by molar-refractivity contribution is 5.26. The van der Waals surface area contributed by atoms with Gasteiger partial charge in [-0.25, -0.2) is 0 Å². The average Bonchev–Trinajstić information content (AvgIpc) is 2.66. The molecule has 1 saturated heterocycles. The highest BCUT2D eigenvalue weighted by Gasteiger charge is 2.48. The SMILES string of the molecule is O[C@]1(c2ccccc2)CCN(Cc2ccccc2)[C@@H]2CCCC[C@H]21. The lowest BCUT2D eigenvalue weighted by Gasteiger charge is -2.52. The fourth-order valence-electron chi connectivity index (χ4n) is 4.87. The minimum Gasteiger partial charge on any atom is -0.385 e. The zero-order valence-corrected chi connectivity index (χ0v) is 14.3. The second-order valence-corrected chi connectivity index (χ2v) is 7.45. The average molecular weight is 321 g/mol. The highest BCUT2D eigenvalue weighted by atomic mass is 16.3. The standard InChI is InChI=1S/C22H27NO/c24-22(19-11-5-2-6-12-19)15-16-23(17-18-9-3-1-4-10-18)21-14-8-7-13-20(21)22/h1-6,9-12,20-21,24H,7-8,13-17H2/t20-,21-,22+/m1/s1. The smallest absolute Gasteiger partial charge is 0.0951 e. The van der Waals surface area contributed by atoms with Gasteiger partial charge >= 0.3 is 0 Å². The summed E-state index contributed by atoms with van der Waals surface area (Å²) in [5.41, 5.74) is 1.84. The molecule has 1 aliphatic heterocycles. The molecule has 0 spiro atoms. The molecular weight excluding hydrogens is 294 g/mol. The van der Waals surface area contributed by atoms with E-state index in [1.165, 1.54) is 24.8 Å². The first-order chi connectivity index (χ1) is 11.8. The van der Waals surface area contributed by atoms with Crippen LogP contribution in [0.25, 0.3) is 0 Å². The van der Waals surface area contributed by atoms with Crippen LogP contribution >= 0.6 is 0 Å². The summed E-state index contributed by atoms with van der Waals surface area (Å²) >= 11 is 0. The predicted molar refractivity (Wildman–Crippen MR) is 97.6 cm³/mol. The van der Waals surface area contributed by atoms with Crippen LogP contribution in [0, 0.1) is 5.92 Å². The van der Waals surface area contributed by atoms with Gasteiger partial charge in [-0.15, -0.1) is 0 Å². The largest absolute Gasteiger partial charge is 0.385 e. The molecule has 0 bridgehead atoms. The number of hydrogen-bond donors (Lipinski definition) is 1. The van der Waals surface area contributed by atoms with Gasteiger partial charge in [-0.3, -0.25) is 4.90 Å². The molecule has 1 N–H and O–H groups in total. The maximum Gasteiger partial charge on any atom is 0.0951 e. The maximum atomic E-state index is 11.6. The first kappa shape index (κ1) is 15.9. The summed E-state index contributed by atoms with van der Waals surface area (Å²) in [7, 11) is 0. The lowest BCUT2D eigenvalue weighted by Crippen LogP contribution is -2.57. The summed E-state index contributed by atoms with van der Waals surface area (Å²) in [5, 5.41) is 11.6. The monoisotopic (exact) mass is 321 g/mol. The molecule has 2 nitrogen and oxygen atoms in total. The Morgan fingerprint density at radius 1 is 0.917 bits per heavy atom. The number of nitrogens with zero attached hydrogens (tertiary/aromatic N) is 1. The summed E-state index contributed by atoms with van der Waals surface area (Å²) in [6.07, 6.45) is 5.73. The van der Waals surface area contributed by atoms with Crippen molar-refractivity contribution >= 4 is 0 Å². The highest BCUT2D eigenvalue weighted by Crippen LogP contribution is 2.47. The Morgan fingerprint density at radius 2 is 1.58 bits per heavy atom. The molecule has 2 aliphatic rings. The van der Waals surface area contributed by atoms with E-state index in [1.807, 2.05) is 6.07 Å². The van der Waals surface area contributed by atoms with Crippen LogP contribution in [0.2, 0.25) is 0 Å². The molecule has 0 amide bonds. The number of aliphatic hydroxyl groups is 1. The van der Waals surface area contributed by atoms with Crippen LogP contribution < -0.4 is 0 Å². The molecular formula is C22H27NO. The lowest BCUT2D eigenvalue weighted by molar-refractivity contribution is -0.123. The van der Waals surface area contributed by atoms with Gasteiger partial charge in [0.2, 0.25) is 0 Å². The Hall–Kier alpha value is -1.64. The number of hydrogen-bond acceptors (Lipinski definition) is 2. The van der Waals surface area contributed by atoms with Gasteiger partial charge in [0.05, 0.1) is 5.60 Å². The van der Waals surface area contributed by atoms with Crippen molar-refractivity contribution in [3.05, 3.63) is 71.8 Å². The minimum absolute atomic E-state index is 0.353. The summed E-state index contributed by atoms with van der Waals surface area (Å²) in [4.78, 5) is 2.62. The number of fused-ring (bicyclic) bond motifs is 1. The third-order valence-corrected chi connectivity index (χ3v) is 6.09. The van der Waals surface area contributed by atoms with Crippen LogP contribution in [0.1, 0.15) is 43.2 Å². The zero-order valence-electron chi connectivity index (χ0n) is 14.3. The molecule has 24 heavy (non-hydrogen) atoms. The summed E-state index contributed by atoms with van der Waals surface area (Å²) in [6.45, 7) is 1.98. The van der Waals surface area contributed by atoms with E-state index in [-0.39, 0.29) is 0 Å². The molecule has 2 aromatic carbocycles. The molecule has 1 aliphatic carbocycles. The van der Waals surface area contributed by atoms with Crippen molar-refractivity contribution < 1.29 is 5.11 Å². The van der Waals surface area contributed by atoms with E-state index < -0.39 is 5.60 Å². The molecule has 2 aromatic rings. The molecule has 4 rings (SSSR count). The van der Waals surface area contributed by atoms with E-state index in [0.29, 0.717) is 12.0 Å². The van der Waals surface area contributed by atoms with Gasteiger partial charge in [-0.2, -0.15) is 0 Å². The number of piperidine rings is 1. The van der Waals surface area contributed by atoms with Crippen LogP contribution in [0.4, 0.5) is 0 Å². The Bertz CT molecular complexity index is 656. The van der Waals surface area contributed by atoms with E-state index in [9.17, 15) is 5.11 Å². The molecule has 0 unspecified atom stereocenters. The van der Waals surface area contributed by atoms with Gasteiger partial charge in [0.15, 0.2) is 0 Å². The molecule has 2 fully saturated rings. The predicted octanol–water partition coefficient (Wildman–Crippen LogP) is 4.34. The molecule has 1 heterocycles. The van der Waals surface area contributed by atoms with E-state index in [2.05, 4.69) is 59.5 Å². The zero-order chi connectivity index (χ0) is 16.4. The van der Waals surface area contributed by atoms with E-state index in [0.717, 1.165) is 31.5 Å². The number of benzene rings is 2. The molecule has 126 valence electrons. The van der Waals surface area contributed by atoms with Crippen molar-refractivity contribution in [3.63, 3.8) is 0 Å². The summed E-state index contributed by atoms with van der Waals surface area (Å²) in [5.74, 6) is 0.353. The molecule has 2 heteroatoms. The van der Waals surface area contributed by atoms with Crippen molar-refractivity contribution in [1.29, 1.82) is 0 Å². The van der Waals surface area contributed by atoms with Gasteiger partial charge in [0, 0.05) is 25.0 Å². The third kappa shape index (κ3) is 2.89. The Kier molecular flexibility index (Phi) is 4.43. The van der Waals surface area contributed by atoms with Crippen molar-refractivity contribution in [1.82, 2.24) is 4.90 Å². The van der Waals surface area contributed by atoms with Crippen LogP contribution in [0.15, 0.2) is 60.7 Å². The normalized spacial score (nSPS) is 30.7. The Labute approximate surface area is 145 Å². The van der Waals surface area contributed by atoms with Crippen molar-refractivity contribution in [2.24, 2.45) is 5.92 Å². The Balaban J connectivity index is 1.60.